The van der Waals surface area contributed by atoms with E-state index in [4.69, 9.17) is 4.74 Å². The van der Waals surface area contributed by atoms with Gasteiger partial charge in [0.05, 0.1) is 17.6 Å². The van der Waals surface area contributed by atoms with Gasteiger partial charge in [-0.1, -0.05) is 0 Å². The number of nitrogens with zero attached hydrogens (tertiary/aromatic N) is 1. The summed E-state index contributed by atoms with van der Waals surface area (Å²) in [5, 5.41) is 10.4. The summed E-state index contributed by atoms with van der Waals surface area (Å²) in [6, 6.07) is 4.87. The number of carbonyl (C=O) groups is 2. The molecule has 1 aromatic rings. The lowest BCUT2D eigenvalue weighted by Crippen LogP contribution is -2.25. The van der Waals surface area contributed by atoms with Gasteiger partial charge in [-0.25, -0.2) is 9.59 Å². The Kier molecular flexibility index (Phi) is 4.36. The Balaban J connectivity index is 2.73. The predicted octanol–water partition coefficient (Wildman–Crippen LogP) is 1.31. The Bertz CT molecular complexity index is 467. The number of hydrogen-bond acceptors (Lipinski definition) is 6. The summed E-state index contributed by atoms with van der Waals surface area (Å²) in [4.78, 5) is 32.4. The highest BCUT2D eigenvalue weighted by molar-refractivity contribution is 5.91. The minimum Gasteiger partial charge on any atom is -0.466 e. The molecule has 0 fully saturated rings. The fourth-order valence-electron chi connectivity index (χ4n) is 1.16. The first-order valence-corrected chi connectivity index (χ1v) is 4.99. The first kappa shape index (κ1) is 13.6. The normalized spacial score (nSPS) is 11.4. The van der Waals surface area contributed by atoms with E-state index in [1.165, 1.54) is 38.3 Å². The van der Waals surface area contributed by atoms with Crippen LogP contribution in [0.1, 0.15) is 17.3 Å². The molecule has 0 aliphatic rings. The van der Waals surface area contributed by atoms with Crippen LogP contribution in [0.2, 0.25) is 0 Å². The Morgan fingerprint density at radius 1 is 1.28 bits per heavy atom. The molecule has 0 spiro atoms. The molecule has 0 saturated carbocycles. The van der Waals surface area contributed by atoms with Gasteiger partial charge in [0.1, 0.15) is 0 Å². The molecule has 7 nitrogen and oxygen atoms in total. The van der Waals surface area contributed by atoms with Crippen molar-refractivity contribution in [2.45, 2.75) is 13.0 Å². The maximum Gasteiger partial charge on any atom is 0.346 e. The third kappa shape index (κ3) is 3.27. The molecule has 0 bridgehead atoms. The first-order valence-electron chi connectivity index (χ1n) is 4.99. The van der Waals surface area contributed by atoms with E-state index in [1.807, 2.05) is 0 Å². The number of ether oxygens (including phenoxy) is 2. The molecule has 0 aliphatic carbocycles. The van der Waals surface area contributed by atoms with Crippen molar-refractivity contribution in [2.24, 2.45) is 0 Å². The molecule has 0 aromatic heterocycles. The predicted molar refractivity (Wildman–Crippen MR) is 60.0 cm³/mol. The van der Waals surface area contributed by atoms with Gasteiger partial charge in [0.15, 0.2) is 6.10 Å². The molecular weight excluding hydrogens is 242 g/mol. The van der Waals surface area contributed by atoms with Crippen LogP contribution in [0.5, 0.6) is 0 Å². The largest absolute Gasteiger partial charge is 0.466 e. The summed E-state index contributed by atoms with van der Waals surface area (Å²) >= 11 is 0. The average Bonchev–Trinajstić information content (AvgIpc) is 2.37. The number of nitro benzene ring substituents is 1. The van der Waals surface area contributed by atoms with Crippen LogP contribution in [0.25, 0.3) is 0 Å². The topological polar surface area (TPSA) is 95.7 Å². The quantitative estimate of drug-likeness (QED) is 0.456. The SMILES string of the molecule is COC(=O)[C@H](C)OC(=O)c1ccc([N+](=O)[O-])cc1. The zero-order valence-electron chi connectivity index (χ0n) is 9.78. The fourth-order valence-corrected chi connectivity index (χ4v) is 1.16. The smallest absolute Gasteiger partial charge is 0.346 e. The first-order chi connectivity index (χ1) is 8.45. The van der Waals surface area contributed by atoms with E-state index >= 15 is 0 Å². The molecule has 0 saturated heterocycles. The van der Waals surface area contributed by atoms with Crippen LogP contribution in [0, 0.1) is 10.1 Å². The zero-order chi connectivity index (χ0) is 13.7. The second kappa shape index (κ2) is 5.76. The van der Waals surface area contributed by atoms with Crippen molar-refractivity contribution in [1.29, 1.82) is 0 Å². The monoisotopic (exact) mass is 253 g/mol. The lowest BCUT2D eigenvalue weighted by molar-refractivity contribution is -0.384. The van der Waals surface area contributed by atoms with E-state index in [9.17, 15) is 19.7 Å². The van der Waals surface area contributed by atoms with Gasteiger partial charge in [0.2, 0.25) is 0 Å². The maximum absolute atomic E-state index is 11.6. The van der Waals surface area contributed by atoms with Gasteiger partial charge < -0.3 is 9.47 Å². The van der Waals surface area contributed by atoms with E-state index in [0.717, 1.165) is 0 Å². The molecule has 0 N–H and O–H groups in total. The summed E-state index contributed by atoms with van der Waals surface area (Å²) in [6.07, 6.45) is -1.03. The Hall–Kier alpha value is -2.44. The highest BCUT2D eigenvalue weighted by atomic mass is 16.6. The molecule has 96 valence electrons. The number of non-ortho nitro benzene ring substituents is 1. The van der Waals surface area contributed by atoms with Gasteiger partial charge in [0.25, 0.3) is 5.69 Å². The number of nitro groups is 1. The van der Waals surface area contributed by atoms with E-state index in [-0.39, 0.29) is 11.3 Å². The maximum atomic E-state index is 11.6. The highest BCUT2D eigenvalue weighted by Gasteiger charge is 2.19. The van der Waals surface area contributed by atoms with E-state index in [0.29, 0.717) is 0 Å². The molecule has 0 aliphatic heterocycles. The molecule has 1 atom stereocenters. The number of benzene rings is 1. The molecule has 18 heavy (non-hydrogen) atoms. The van der Waals surface area contributed by atoms with Crippen LogP contribution in [0.4, 0.5) is 5.69 Å². The summed E-state index contributed by atoms with van der Waals surface area (Å²) in [5.74, 6) is -1.42. The number of carbonyl (C=O) groups excluding carboxylic acids is 2. The second-order valence-corrected chi connectivity index (χ2v) is 3.37. The van der Waals surface area contributed by atoms with Crippen molar-refractivity contribution in [2.75, 3.05) is 7.11 Å². The van der Waals surface area contributed by atoms with Crippen molar-refractivity contribution in [1.82, 2.24) is 0 Å². The summed E-state index contributed by atoms with van der Waals surface area (Å²) in [5.41, 5.74) is -0.0103. The Morgan fingerprint density at radius 2 is 1.83 bits per heavy atom. The molecule has 1 rings (SSSR count). The molecule has 0 unspecified atom stereocenters. The molecule has 0 amide bonds. The van der Waals surface area contributed by atoms with E-state index in [2.05, 4.69) is 4.74 Å². The number of rotatable bonds is 4. The van der Waals surface area contributed by atoms with E-state index < -0.39 is 23.0 Å². The minimum absolute atomic E-state index is 0.122. The summed E-state index contributed by atoms with van der Waals surface area (Å²) in [6.45, 7) is 1.37. The van der Waals surface area contributed by atoms with Crippen LogP contribution >= 0.6 is 0 Å². The minimum atomic E-state index is -1.03. The van der Waals surface area contributed by atoms with Crippen molar-refractivity contribution in [3.05, 3.63) is 39.9 Å². The third-order valence-electron chi connectivity index (χ3n) is 2.13. The summed E-state index contributed by atoms with van der Waals surface area (Å²) < 4.78 is 9.20. The van der Waals surface area contributed by atoms with Crippen LogP contribution in [0.3, 0.4) is 0 Å². The van der Waals surface area contributed by atoms with Gasteiger partial charge in [-0.3, -0.25) is 10.1 Å². The van der Waals surface area contributed by atoms with Crippen molar-refractivity contribution < 1.29 is 24.0 Å². The molecule has 7 heteroatoms. The van der Waals surface area contributed by atoms with Crippen molar-refractivity contribution in [3.63, 3.8) is 0 Å². The van der Waals surface area contributed by atoms with Gasteiger partial charge in [0, 0.05) is 12.1 Å². The number of hydrogen-bond donors (Lipinski definition) is 0. The van der Waals surface area contributed by atoms with Gasteiger partial charge >= 0.3 is 11.9 Å². The zero-order valence-corrected chi connectivity index (χ0v) is 9.78. The lowest BCUT2D eigenvalue weighted by Gasteiger charge is -2.10. The van der Waals surface area contributed by atoms with Crippen molar-refractivity contribution in [3.8, 4) is 0 Å². The van der Waals surface area contributed by atoms with Crippen LogP contribution < -0.4 is 0 Å². The van der Waals surface area contributed by atoms with Gasteiger partial charge in [-0.05, 0) is 19.1 Å². The van der Waals surface area contributed by atoms with E-state index in [1.54, 1.807) is 0 Å². The van der Waals surface area contributed by atoms with Crippen LogP contribution in [-0.4, -0.2) is 30.1 Å². The standard InChI is InChI=1S/C11H11NO6/c1-7(10(13)17-2)18-11(14)8-3-5-9(6-4-8)12(15)16/h3-7H,1-2H3/t7-/m0/s1. The third-order valence-corrected chi connectivity index (χ3v) is 2.13. The van der Waals surface area contributed by atoms with Crippen LogP contribution in [-0.2, 0) is 14.3 Å². The summed E-state index contributed by atoms with van der Waals surface area (Å²) in [7, 11) is 1.18. The van der Waals surface area contributed by atoms with Gasteiger partial charge in [-0.15, -0.1) is 0 Å². The molecule has 1 aromatic carbocycles. The highest BCUT2D eigenvalue weighted by Crippen LogP contribution is 2.13. The van der Waals surface area contributed by atoms with Crippen molar-refractivity contribution >= 4 is 17.6 Å². The lowest BCUT2D eigenvalue weighted by atomic mass is 10.2. The Labute approximate surface area is 102 Å². The number of esters is 2. The molecule has 0 heterocycles. The second-order valence-electron chi connectivity index (χ2n) is 3.37. The average molecular weight is 253 g/mol. The number of methoxy groups -OCH3 is 1. The molecular formula is C11H11NO6. The fraction of sp³-hybridized carbons (Fsp3) is 0.273. The Morgan fingerprint density at radius 3 is 2.28 bits per heavy atom. The van der Waals surface area contributed by atoms with Crippen LogP contribution in [0.15, 0.2) is 24.3 Å². The van der Waals surface area contributed by atoms with Gasteiger partial charge in [-0.2, -0.15) is 0 Å². The molecule has 0 radical (unpaired) electrons.